The van der Waals surface area contributed by atoms with Crippen molar-refractivity contribution in [1.82, 2.24) is 0 Å². The average Bonchev–Trinajstić information content (AvgIpc) is 2.24. The van der Waals surface area contributed by atoms with E-state index in [-0.39, 0.29) is 11.3 Å². The number of hydrogen-bond acceptors (Lipinski definition) is 1. The maximum atomic E-state index is 10.9. The van der Waals surface area contributed by atoms with Gasteiger partial charge in [-0.25, -0.2) is 0 Å². The lowest BCUT2D eigenvalue weighted by atomic mass is 9.71. The number of carboxylic acids is 1. The first-order valence-electron chi connectivity index (χ1n) is 6.83. The molecule has 2 unspecified atom stereocenters. The molecule has 2 heteroatoms. The molecule has 0 bridgehead atoms. The van der Waals surface area contributed by atoms with Gasteiger partial charge in [-0.05, 0) is 35.7 Å². The molecule has 0 aliphatic heterocycles. The molecule has 1 N–H and O–H groups in total. The van der Waals surface area contributed by atoms with Crippen LogP contribution in [0.4, 0.5) is 0 Å². The molecular weight excluding hydrogens is 224 g/mol. The average molecular weight is 250 g/mol. The van der Waals surface area contributed by atoms with E-state index in [0.717, 1.165) is 6.42 Å². The molecule has 0 aromatic heterocycles. The lowest BCUT2D eigenvalue weighted by Gasteiger charge is -2.34. The standard InChI is InChI=1S/C16H26O2/c1-11(2)10-14(16(3,4)5)12-6-8-13(9-7-12)15(17)18/h6-8,11,13-14H,9-10H2,1-5H3,(H,17,18). The van der Waals surface area contributed by atoms with Crippen LogP contribution in [0.2, 0.25) is 0 Å². The number of hydrogen-bond donors (Lipinski definition) is 1. The van der Waals surface area contributed by atoms with Gasteiger partial charge in [0, 0.05) is 0 Å². The number of carbonyl (C=O) groups is 1. The van der Waals surface area contributed by atoms with E-state index in [1.54, 1.807) is 0 Å². The van der Waals surface area contributed by atoms with Crippen LogP contribution in [-0.2, 0) is 4.79 Å². The molecular formula is C16H26O2. The molecule has 1 aliphatic carbocycles. The van der Waals surface area contributed by atoms with Crippen molar-refractivity contribution in [3.8, 4) is 0 Å². The van der Waals surface area contributed by atoms with Crippen LogP contribution in [-0.4, -0.2) is 11.1 Å². The fraction of sp³-hybridized carbons (Fsp3) is 0.688. The summed E-state index contributed by atoms with van der Waals surface area (Å²) < 4.78 is 0. The van der Waals surface area contributed by atoms with E-state index in [9.17, 15) is 4.79 Å². The van der Waals surface area contributed by atoms with Crippen molar-refractivity contribution in [3.05, 3.63) is 23.8 Å². The lowest BCUT2D eigenvalue weighted by Crippen LogP contribution is -2.25. The minimum atomic E-state index is -0.724. The summed E-state index contributed by atoms with van der Waals surface area (Å²) in [5.41, 5.74) is 1.53. The number of aliphatic carboxylic acids is 1. The van der Waals surface area contributed by atoms with Gasteiger partial charge in [0.15, 0.2) is 0 Å². The van der Waals surface area contributed by atoms with Gasteiger partial charge in [0.1, 0.15) is 0 Å². The van der Waals surface area contributed by atoms with Crippen molar-refractivity contribution >= 4 is 5.97 Å². The summed E-state index contributed by atoms with van der Waals surface area (Å²) in [6.07, 6.45) is 7.78. The summed E-state index contributed by atoms with van der Waals surface area (Å²) in [6, 6.07) is 0. The third-order valence-corrected chi connectivity index (χ3v) is 3.60. The van der Waals surface area contributed by atoms with Crippen LogP contribution in [0.5, 0.6) is 0 Å². The van der Waals surface area contributed by atoms with E-state index in [1.165, 1.54) is 5.57 Å². The van der Waals surface area contributed by atoms with Gasteiger partial charge in [-0.2, -0.15) is 0 Å². The van der Waals surface area contributed by atoms with Crippen molar-refractivity contribution in [2.75, 3.05) is 0 Å². The molecule has 0 amide bonds. The zero-order chi connectivity index (χ0) is 13.9. The fourth-order valence-electron chi connectivity index (χ4n) is 2.54. The fourth-order valence-corrected chi connectivity index (χ4v) is 2.54. The van der Waals surface area contributed by atoms with Gasteiger partial charge < -0.3 is 5.11 Å². The summed E-state index contributed by atoms with van der Waals surface area (Å²) >= 11 is 0. The summed E-state index contributed by atoms with van der Waals surface area (Å²) in [4.78, 5) is 10.9. The third kappa shape index (κ3) is 4.01. The monoisotopic (exact) mass is 250 g/mol. The zero-order valence-electron chi connectivity index (χ0n) is 12.2. The number of carboxylic acid groups (broad SMARTS) is 1. The van der Waals surface area contributed by atoms with Gasteiger partial charge in [0.05, 0.1) is 5.92 Å². The Morgan fingerprint density at radius 1 is 1.44 bits per heavy atom. The normalized spacial score (nSPS) is 21.9. The first kappa shape index (κ1) is 15.0. The Morgan fingerprint density at radius 2 is 2.06 bits per heavy atom. The van der Waals surface area contributed by atoms with Crippen LogP contribution >= 0.6 is 0 Å². The van der Waals surface area contributed by atoms with Crippen LogP contribution in [0.3, 0.4) is 0 Å². The topological polar surface area (TPSA) is 37.3 Å². The Labute approximate surface area is 111 Å². The maximum absolute atomic E-state index is 10.9. The molecule has 2 atom stereocenters. The molecule has 1 rings (SSSR count). The first-order valence-corrected chi connectivity index (χ1v) is 6.83. The molecule has 0 aromatic carbocycles. The van der Waals surface area contributed by atoms with E-state index < -0.39 is 5.97 Å². The van der Waals surface area contributed by atoms with Crippen LogP contribution < -0.4 is 0 Å². The summed E-state index contributed by atoms with van der Waals surface area (Å²) in [5.74, 6) is 0.0929. The van der Waals surface area contributed by atoms with Gasteiger partial charge in [-0.1, -0.05) is 52.8 Å². The molecule has 0 spiro atoms. The Hall–Kier alpha value is -1.05. The zero-order valence-corrected chi connectivity index (χ0v) is 12.2. The van der Waals surface area contributed by atoms with E-state index in [0.29, 0.717) is 18.3 Å². The van der Waals surface area contributed by atoms with E-state index in [4.69, 9.17) is 5.11 Å². The minimum absolute atomic E-state index is 0.219. The van der Waals surface area contributed by atoms with E-state index >= 15 is 0 Å². The largest absolute Gasteiger partial charge is 0.481 e. The molecule has 0 radical (unpaired) electrons. The molecule has 18 heavy (non-hydrogen) atoms. The van der Waals surface area contributed by atoms with Crippen LogP contribution in [0.1, 0.15) is 47.5 Å². The highest BCUT2D eigenvalue weighted by atomic mass is 16.4. The van der Waals surface area contributed by atoms with Crippen molar-refractivity contribution in [2.24, 2.45) is 23.2 Å². The summed E-state index contributed by atoms with van der Waals surface area (Å²) in [6.45, 7) is 11.3. The second-order valence-electron chi connectivity index (χ2n) is 6.79. The molecule has 0 saturated carbocycles. The first-order chi connectivity index (χ1) is 8.21. The van der Waals surface area contributed by atoms with Crippen molar-refractivity contribution in [1.29, 1.82) is 0 Å². The third-order valence-electron chi connectivity index (χ3n) is 3.60. The highest BCUT2D eigenvalue weighted by Gasteiger charge is 2.29. The maximum Gasteiger partial charge on any atom is 0.310 e. The number of rotatable bonds is 4. The second-order valence-corrected chi connectivity index (χ2v) is 6.79. The molecule has 2 nitrogen and oxygen atoms in total. The predicted octanol–water partition coefficient (Wildman–Crippen LogP) is 4.28. The SMILES string of the molecule is CC(C)CC(C1=CCC(C(=O)O)C=C1)C(C)(C)C. The molecule has 0 heterocycles. The Morgan fingerprint density at radius 3 is 2.39 bits per heavy atom. The minimum Gasteiger partial charge on any atom is -0.481 e. The Kier molecular flexibility index (Phi) is 4.78. The van der Waals surface area contributed by atoms with Gasteiger partial charge in [-0.3, -0.25) is 4.79 Å². The Bertz CT molecular complexity index is 356. The quantitative estimate of drug-likeness (QED) is 0.808. The molecule has 102 valence electrons. The Balaban J connectivity index is 2.84. The highest BCUT2D eigenvalue weighted by Crippen LogP contribution is 2.39. The van der Waals surface area contributed by atoms with E-state index in [1.807, 2.05) is 12.2 Å². The molecule has 1 aliphatic rings. The smallest absolute Gasteiger partial charge is 0.310 e. The van der Waals surface area contributed by atoms with Crippen molar-refractivity contribution < 1.29 is 9.90 Å². The summed E-state index contributed by atoms with van der Waals surface area (Å²) in [7, 11) is 0. The highest BCUT2D eigenvalue weighted by molar-refractivity contribution is 5.73. The van der Waals surface area contributed by atoms with Crippen LogP contribution in [0.25, 0.3) is 0 Å². The van der Waals surface area contributed by atoms with Crippen molar-refractivity contribution in [3.63, 3.8) is 0 Å². The number of allylic oxidation sites excluding steroid dienone is 3. The summed E-state index contributed by atoms with van der Waals surface area (Å²) in [5, 5.41) is 8.99. The molecule has 0 saturated heterocycles. The van der Waals surface area contributed by atoms with E-state index in [2.05, 4.69) is 40.7 Å². The van der Waals surface area contributed by atoms with Crippen molar-refractivity contribution in [2.45, 2.75) is 47.5 Å². The molecule has 0 fully saturated rings. The van der Waals surface area contributed by atoms with Crippen LogP contribution in [0.15, 0.2) is 23.8 Å². The van der Waals surface area contributed by atoms with Gasteiger partial charge in [-0.15, -0.1) is 0 Å². The van der Waals surface area contributed by atoms with Gasteiger partial charge in [0.25, 0.3) is 0 Å². The lowest BCUT2D eigenvalue weighted by molar-refractivity contribution is -0.139. The molecule has 0 aromatic rings. The van der Waals surface area contributed by atoms with Gasteiger partial charge >= 0.3 is 5.97 Å². The van der Waals surface area contributed by atoms with Crippen LogP contribution in [0, 0.1) is 23.2 Å². The second kappa shape index (κ2) is 5.73. The van der Waals surface area contributed by atoms with Gasteiger partial charge in [0.2, 0.25) is 0 Å². The predicted molar refractivity (Wildman–Crippen MR) is 75.4 cm³/mol.